The first-order chi connectivity index (χ1) is 19.5. The molecule has 0 saturated heterocycles. The second-order valence-electron chi connectivity index (χ2n) is 9.12. The highest BCUT2D eigenvalue weighted by molar-refractivity contribution is 7.92. The maximum Gasteiger partial charge on any atom is 0.264 e. The van der Waals surface area contributed by atoms with Crippen molar-refractivity contribution in [3.8, 4) is 11.5 Å². The highest BCUT2D eigenvalue weighted by Gasteiger charge is 2.33. The molecule has 1 atom stereocenters. The molecular formula is C29H33Cl2N3O6S. The first-order valence-electron chi connectivity index (χ1n) is 12.8. The number of hydrogen-bond acceptors (Lipinski definition) is 6. The van der Waals surface area contributed by atoms with Crippen molar-refractivity contribution < 1.29 is 27.5 Å². The van der Waals surface area contributed by atoms with E-state index in [1.165, 1.54) is 61.6 Å². The minimum atomic E-state index is -4.31. The molecule has 3 rings (SSSR count). The lowest BCUT2D eigenvalue weighted by molar-refractivity contribution is -0.139. The quantitative estimate of drug-likeness (QED) is 0.283. The van der Waals surface area contributed by atoms with Gasteiger partial charge >= 0.3 is 0 Å². The second-order valence-corrected chi connectivity index (χ2v) is 11.9. The van der Waals surface area contributed by atoms with E-state index in [1.807, 2.05) is 6.92 Å². The maximum absolute atomic E-state index is 14.0. The maximum atomic E-state index is 14.0. The van der Waals surface area contributed by atoms with E-state index < -0.39 is 28.5 Å². The summed E-state index contributed by atoms with van der Waals surface area (Å²) in [5, 5.41) is 3.67. The van der Waals surface area contributed by atoms with Crippen molar-refractivity contribution >= 4 is 50.7 Å². The van der Waals surface area contributed by atoms with Crippen molar-refractivity contribution in [2.24, 2.45) is 0 Å². The topological polar surface area (TPSA) is 105 Å². The summed E-state index contributed by atoms with van der Waals surface area (Å²) in [5.74, 6) is -0.397. The van der Waals surface area contributed by atoms with Gasteiger partial charge in [-0.25, -0.2) is 8.42 Å². The van der Waals surface area contributed by atoms with Gasteiger partial charge in [0, 0.05) is 29.2 Å². The van der Waals surface area contributed by atoms with Crippen LogP contribution in [0.2, 0.25) is 10.0 Å². The van der Waals surface area contributed by atoms with E-state index in [0.717, 1.165) is 4.31 Å². The molecule has 1 unspecified atom stereocenters. The summed E-state index contributed by atoms with van der Waals surface area (Å²) in [5.41, 5.74) is 0.894. The van der Waals surface area contributed by atoms with E-state index in [1.54, 1.807) is 31.2 Å². The number of nitrogens with zero attached hydrogens (tertiary/aromatic N) is 2. The average Bonchev–Trinajstić information content (AvgIpc) is 2.97. The highest BCUT2D eigenvalue weighted by Crippen LogP contribution is 2.32. The van der Waals surface area contributed by atoms with Crippen molar-refractivity contribution in [3.63, 3.8) is 0 Å². The van der Waals surface area contributed by atoms with Gasteiger partial charge < -0.3 is 19.7 Å². The first kappa shape index (κ1) is 32.0. The molecule has 0 saturated carbocycles. The van der Waals surface area contributed by atoms with Crippen LogP contribution in [-0.4, -0.2) is 58.5 Å². The molecule has 3 aromatic carbocycles. The number of carbonyl (C=O) groups excluding carboxylic acids is 2. The Morgan fingerprint density at radius 1 is 0.927 bits per heavy atom. The number of benzene rings is 3. The molecule has 0 aliphatic rings. The van der Waals surface area contributed by atoms with Gasteiger partial charge in [-0.15, -0.1) is 0 Å². The molecule has 0 heterocycles. The molecule has 41 heavy (non-hydrogen) atoms. The first-order valence-corrected chi connectivity index (χ1v) is 15.0. The molecule has 0 radical (unpaired) electrons. The van der Waals surface area contributed by atoms with E-state index in [9.17, 15) is 18.0 Å². The van der Waals surface area contributed by atoms with Gasteiger partial charge in [0.25, 0.3) is 10.0 Å². The zero-order valence-corrected chi connectivity index (χ0v) is 25.6. The fourth-order valence-electron chi connectivity index (χ4n) is 4.05. The predicted molar refractivity (Wildman–Crippen MR) is 160 cm³/mol. The smallest absolute Gasteiger partial charge is 0.264 e. The number of hydrogen-bond donors (Lipinski definition) is 1. The number of halogens is 2. The fourth-order valence-corrected chi connectivity index (χ4v) is 5.82. The van der Waals surface area contributed by atoms with Crippen LogP contribution in [0.25, 0.3) is 0 Å². The summed E-state index contributed by atoms with van der Waals surface area (Å²) in [4.78, 5) is 28.1. The SMILES string of the molecule is CCCNC(=O)C(C)N(Cc1cccc(Cl)c1)C(=O)CN(c1ccc(Cl)cc1)S(=O)(=O)c1ccc(OC)c(OC)c1. The Kier molecular flexibility index (Phi) is 11.3. The van der Waals surface area contributed by atoms with Gasteiger partial charge in [-0.1, -0.05) is 42.3 Å². The largest absolute Gasteiger partial charge is 0.493 e. The predicted octanol–water partition coefficient (Wildman–Crippen LogP) is 5.15. The lowest BCUT2D eigenvalue weighted by Crippen LogP contribution is -2.51. The third-order valence-corrected chi connectivity index (χ3v) is 8.55. The number of carbonyl (C=O) groups is 2. The Balaban J connectivity index is 2.06. The van der Waals surface area contributed by atoms with Crippen LogP contribution in [0.4, 0.5) is 5.69 Å². The molecule has 220 valence electrons. The number of sulfonamides is 1. The van der Waals surface area contributed by atoms with Crippen LogP contribution >= 0.6 is 23.2 Å². The number of amides is 2. The Morgan fingerprint density at radius 3 is 2.22 bits per heavy atom. The summed E-state index contributed by atoms with van der Waals surface area (Å²) in [7, 11) is -1.47. The Labute approximate surface area is 251 Å². The molecule has 3 aromatic rings. The lowest BCUT2D eigenvalue weighted by atomic mass is 10.1. The molecule has 12 heteroatoms. The summed E-state index contributed by atoms with van der Waals surface area (Å²) in [6.07, 6.45) is 0.717. The molecule has 0 fully saturated rings. The van der Waals surface area contributed by atoms with Crippen LogP contribution in [0.15, 0.2) is 71.6 Å². The minimum absolute atomic E-state index is 0.0327. The van der Waals surface area contributed by atoms with E-state index in [-0.39, 0.29) is 28.8 Å². The van der Waals surface area contributed by atoms with Gasteiger partial charge in [0.05, 0.1) is 24.8 Å². The molecule has 0 aromatic heterocycles. The summed E-state index contributed by atoms with van der Waals surface area (Å²) in [6.45, 7) is 3.40. The fraction of sp³-hybridized carbons (Fsp3) is 0.310. The summed E-state index contributed by atoms with van der Waals surface area (Å²) in [6, 6.07) is 16.3. The number of rotatable bonds is 13. The van der Waals surface area contributed by atoms with Gasteiger partial charge in [0.15, 0.2) is 11.5 Å². The average molecular weight is 623 g/mol. The van der Waals surface area contributed by atoms with E-state index in [4.69, 9.17) is 32.7 Å². The zero-order chi connectivity index (χ0) is 30.2. The van der Waals surface area contributed by atoms with Crippen LogP contribution in [0, 0.1) is 0 Å². The molecular weight excluding hydrogens is 589 g/mol. The standard InChI is InChI=1S/C29H33Cl2N3O6S/c1-5-15-32-29(36)20(2)33(18-21-7-6-8-23(31)16-21)28(35)19-34(24-11-9-22(30)10-12-24)41(37,38)25-13-14-26(39-3)27(17-25)40-4/h6-14,16-17,20H,5,15,18-19H2,1-4H3,(H,32,36). The van der Waals surface area contributed by atoms with Crippen LogP contribution in [0.1, 0.15) is 25.8 Å². The van der Waals surface area contributed by atoms with Crippen molar-refractivity contribution in [1.29, 1.82) is 0 Å². The second kappa shape index (κ2) is 14.4. The van der Waals surface area contributed by atoms with Gasteiger partial charge in [0.2, 0.25) is 11.8 Å². The molecule has 0 spiro atoms. The highest BCUT2D eigenvalue weighted by atomic mass is 35.5. The molecule has 9 nitrogen and oxygen atoms in total. The lowest BCUT2D eigenvalue weighted by Gasteiger charge is -2.32. The van der Waals surface area contributed by atoms with E-state index >= 15 is 0 Å². The van der Waals surface area contributed by atoms with Crippen LogP contribution in [0.5, 0.6) is 11.5 Å². The number of nitrogens with one attached hydrogen (secondary N) is 1. The van der Waals surface area contributed by atoms with Crippen LogP contribution in [0.3, 0.4) is 0 Å². The van der Waals surface area contributed by atoms with Gasteiger partial charge in [0.1, 0.15) is 12.6 Å². The van der Waals surface area contributed by atoms with E-state index in [0.29, 0.717) is 34.3 Å². The van der Waals surface area contributed by atoms with Gasteiger partial charge in [-0.05, 0) is 67.4 Å². The Hall–Kier alpha value is -3.47. The zero-order valence-electron chi connectivity index (χ0n) is 23.3. The molecule has 0 aliphatic heterocycles. The Morgan fingerprint density at radius 2 is 1.61 bits per heavy atom. The van der Waals surface area contributed by atoms with Crippen molar-refractivity contribution in [2.75, 3.05) is 31.6 Å². The van der Waals surface area contributed by atoms with Crippen molar-refractivity contribution in [2.45, 2.75) is 37.8 Å². The Bertz CT molecular complexity index is 1470. The van der Waals surface area contributed by atoms with E-state index in [2.05, 4.69) is 5.32 Å². The van der Waals surface area contributed by atoms with Gasteiger partial charge in [-0.2, -0.15) is 0 Å². The molecule has 0 aliphatic carbocycles. The number of anilines is 1. The summed E-state index contributed by atoms with van der Waals surface area (Å²) >= 11 is 12.2. The number of ether oxygens (including phenoxy) is 2. The van der Waals surface area contributed by atoms with Crippen LogP contribution < -0.4 is 19.1 Å². The molecule has 1 N–H and O–H groups in total. The molecule has 2 amide bonds. The van der Waals surface area contributed by atoms with Crippen LogP contribution in [-0.2, 0) is 26.2 Å². The van der Waals surface area contributed by atoms with Crippen molar-refractivity contribution in [3.05, 3.63) is 82.3 Å². The normalized spacial score (nSPS) is 11.9. The minimum Gasteiger partial charge on any atom is -0.493 e. The monoisotopic (exact) mass is 621 g/mol. The third-order valence-electron chi connectivity index (χ3n) is 6.29. The molecule has 0 bridgehead atoms. The third kappa shape index (κ3) is 8.06. The van der Waals surface area contributed by atoms with Gasteiger partial charge in [-0.3, -0.25) is 13.9 Å². The summed E-state index contributed by atoms with van der Waals surface area (Å²) < 4.78 is 39.6. The van der Waals surface area contributed by atoms with Crippen molar-refractivity contribution in [1.82, 2.24) is 10.2 Å². The number of methoxy groups -OCH3 is 2.